The van der Waals surface area contributed by atoms with Crippen LogP contribution in [0.15, 0.2) is 24.3 Å². The van der Waals surface area contributed by atoms with Crippen LogP contribution >= 0.6 is 0 Å². The van der Waals surface area contributed by atoms with Crippen molar-refractivity contribution in [3.05, 3.63) is 35.4 Å². The zero-order valence-electron chi connectivity index (χ0n) is 13.9. The van der Waals surface area contributed by atoms with Crippen molar-refractivity contribution in [2.75, 3.05) is 20.2 Å². The summed E-state index contributed by atoms with van der Waals surface area (Å²) in [5, 5.41) is 0. The van der Waals surface area contributed by atoms with E-state index in [9.17, 15) is 19.2 Å². The molecule has 0 bridgehead atoms. The van der Waals surface area contributed by atoms with Crippen molar-refractivity contribution < 1.29 is 23.9 Å². The molecule has 2 rings (SSSR count). The minimum Gasteiger partial charge on any atom is -0.466 e. The number of fused-ring (bicyclic) bond motifs is 1. The first-order valence-corrected chi connectivity index (χ1v) is 7.76. The van der Waals surface area contributed by atoms with Crippen molar-refractivity contribution in [1.29, 1.82) is 0 Å². The van der Waals surface area contributed by atoms with Crippen molar-refractivity contribution in [2.24, 2.45) is 0 Å². The molecule has 7 nitrogen and oxygen atoms in total. The van der Waals surface area contributed by atoms with Crippen LogP contribution in [0.2, 0.25) is 0 Å². The summed E-state index contributed by atoms with van der Waals surface area (Å²) < 4.78 is 4.81. The number of rotatable bonds is 6. The van der Waals surface area contributed by atoms with Crippen molar-refractivity contribution in [1.82, 2.24) is 9.80 Å². The van der Waals surface area contributed by atoms with Crippen LogP contribution in [-0.4, -0.2) is 59.7 Å². The number of carbonyl (C=O) groups excluding carboxylic acids is 4. The van der Waals surface area contributed by atoms with Crippen molar-refractivity contribution >= 4 is 23.7 Å². The lowest BCUT2D eigenvalue weighted by Crippen LogP contribution is -2.48. The Kier molecular flexibility index (Phi) is 5.33. The van der Waals surface area contributed by atoms with E-state index in [1.165, 1.54) is 18.9 Å². The molecular formula is C17H20N2O5. The van der Waals surface area contributed by atoms with Crippen LogP contribution in [0, 0.1) is 0 Å². The molecule has 0 N–H and O–H groups in total. The Labute approximate surface area is 140 Å². The fourth-order valence-corrected chi connectivity index (χ4v) is 2.59. The van der Waals surface area contributed by atoms with Crippen molar-refractivity contribution in [3.8, 4) is 0 Å². The summed E-state index contributed by atoms with van der Waals surface area (Å²) in [6.07, 6.45) is 0.0604. The molecule has 128 valence electrons. The highest BCUT2D eigenvalue weighted by Gasteiger charge is 2.41. The standard InChI is InChI=1S/C17H20N2O5/c1-4-24-14(20)9-10-18(3)15(21)11(2)19-16(22)12-7-5-6-8-13(12)17(19)23/h5-8,11H,4,9-10H2,1-3H3. The van der Waals surface area contributed by atoms with Crippen LogP contribution < -0.4 is 0 Å². The second kappa shape index (κ2) is 7.25. The number of hydrogen-bond acceptors (Lipinski definition) is 5. The molecule has 0 aromatic heterocycles. The molecule has 1 aliphatic heterocycles. The van der Waals surface area contributed by atoms with Crippen LogP contribution in [0.4, 0.5) is 0 Å². The fraction of sp³-hybridized carbons (Fsp3) is 0.412. The van der Waals surface area contributed by atoms with E-state index in [1.807, 2.05) is 0 Å². The molecule has 1 aromatic carbocycles. The third-order valence-electron chi connectivity index (χ3n) is 3.90. The highest BCUT2D eigenvalue weighted by atomic mass is 16.5. The third-order valence-corrected chi connectivity index (χ3v) is 3.90. The zero-order chi connectivity index (χ0) is 17.9. The number of imide groups is 1. The summed E-state index contributed by atoms with van der Waals surface area (Å²) in [6, 6.07) is 5.54. The number of likely N-dealkylation sites (N-methyl/N-ethyl adjacent to an activating group) is 1. The average molecular weight is 332 g/mol. The zero-order valence-corrected chi connectivity index (χ0v) is 13.9. The normalized spacial score (nSPS) is 14.4. The molecule has 0 aliphatic carbocycles. The van der Waals surface area contributed by atoms with Crippen LogP contribution in [0.25, 0.3) is 0 Å². The SMILES string of the molecule is CCOC(=O)CCN(C)C(=O)C(C)N1C(=O)c2ccccc2C1=O. The molecule has 0 spiro atoms. The second-order valence-electron chi connectivity index (χ2n) is 5.52. The first-order valence-electron chi connectivity index (χ1n) is 7.76. The van der Waals surface area contributed by atoms with E-state index >= 15 is 0 Å². The number of ether oxygens (including phenoxy) is 1. The van der Waals surface area contributed by atoms with Crippen LogP contribution in [-0.2, 0) is 14.3 Å². The average Bonchev–Trinajstić information content (AvgIpc) is 2.83. The van der Waals surface area contributed by atoms with Crippen LogP contribution in [0.5, 0.6) is 0 Å². The predicted octanol–water partition coefficient (Wildman–Crippen LogP) is 1.08. The summed E-state index contributed by atoms with van der Waals surface area (Å²) in [6.45, 7) is 3.65. The molecule has 1 unspecified atom stereocenters. The fourth-order valence-electron chi connectivity index (χ4n) is 2.59. The number of nitrogens with zero attached hydrogens (tertiary/aromatic N) is 2. The van der Waals surface area contributed by atoms with Gasteiger partial charge in [-0.25, -0.2) is 0 Å². The van der Waals surface area contributed by atoms with E-state index in [-0.39, 0.29) is 19.6 Å². The van der Waals surface area contributed by atoms with Gasteiger partial charge in [-0.15, -0.1) is 0 Å². The molecule has 0 saturated heterocycles. The summed E-state index contributed by atoms with van der Waals surface area (Å²) in [5.41, 5.74) is 0.604. The van der Waals surface area contributed by atoms with Gasteiger partial charge in [0, 0.05) is 13.6 Å². The molecule has 1 aromatic rings. The van der Waals surface area contributed by atoms with Crippen LogP contribution in [0.3, 0.4) is 0 Å². The van der Waals surface area contributed by atoms with E-state index in [1.54, 1.807) is 31.2 Å². The van der Waals surface area contributed by atoms with Gasteiger partial charge in [-0.05, 0) is 26.0 Å². The first kappa shape index (κ1) is 17.7. The minimum absolute atomic E-state index is 0.0604. The summed E-state index contributed by atoms with van der Waals surface area (Å²) >= 11 is 0. The molecule has 0 radical (unpaired) electrons. The maximum absolute atomic E-state index is 12.5. The van der Waals surface area contributed by atoms with E-state index in [2.05, 4.69) is 0 Å². The monoisotopic (exact) mass is 332 g/mol. The molecule has 1 atom stereocenters. The molecular weight excluding hydrogens is 312 g/mol. The maximum Gasteiger partial charge on any atom is 0.307 e. The van der Waals surface area contributed by atoms with E-state index < -0.39 is 29.7 Å². The Hall–Kier alpha value is -2.70. The van der Waals surface area contributed by atoms with Gasteiger partial charge in [0.15, 0.2) is 0 Å². The lowest BCUT2D eigenvalue weighted by Gasteiger charge is -2.26. The van der Waals surface area contributed by atoms with Gasteiger partial charge in [-0.3, -0.25) is 24.1 Å². The molecule has 3 amide bonds. The van der Waals surface area contributed by atoms with Crippen LogP contribution in [0.1, 0.15) is 41.0 Å². The summed E-state index contributed by atoms with van der Waals surface area (Å²) in [4.78, 5) is 50.9. The van der Waals surface area contributed by atoms with Gasteiger partial charge in [0.25, 0.3) is 11.8 Å². The van der Waals surface area contributed by atoms with Crippen molar-refractivity contribution in [2.45, 2.75) is 26.3 Å². The Morgan fingerprint density at radius 3 is 2.21 bits per heavy atom. The number of carbonyl (C=O) groups is 4. The van der Waals surface area contributed by atoms with E-state index in [0.717, 1.165) is 4.90 Å². The summed E-state index contributed by atoms with van der Waals surface area (Å²) in [5.74, 6) is -1.76. The first-order chi connectivity index (χ1) is 11.4. The highest BCUT2D eigenvalue weighted by molar-refractivity contribution is 6.22. The van der Waals surface area contributed by atoms with Gasteiger partial charge in [-0.1, -0.05) is 12.1 Å². The van der Waals surface area contributed by atoms with E-state index in [4.69, 9.17) is 4.74 Å². The molecule has 0 fully saturated rings. The number of amides is 3. The van der Waals surface area contributed by atoms with Gasteiger partial charge in [0.1, 0.15) is 6.04 Å². The molecule has 7 heteroatoms. The number of benzene rings is 1. The Bertz CT molecular complexity index is 650. The Morgan fingerprint density at radius 2 is 1.71 bits per heavy atom. The molecule has 1 heterocycles. The lowest BCUT2D eigenvalue weighted by molar-refractivity contribution is -0.144. The number of esters is 1. The lowest BCUT2D eigenvalue weighted by atomic mass is 10.1. The maximum atomic E-state index is 12.5. The number of hydrogen-bond donors (Lipinski definition) is 0. The largest absolute Gasteiger partial charge is 0.466 e. The summed E-state index contributed by atoms with van der Waals surface area (Å²) in [7, 11) is 1.52. The molecule has 0 saturated carbocycles. The molecule has 1 aliphatic rings. The van der Waals surface area contributed by atoms with Gasteiger partial charge in [-0.2, -0.15) is 0 Å². The predicted molar refractivity (Wildman–Crippen MR) is 85.3 cm³/mol. The van der Waals surface area contributed by atoms with Gasteiger partial charge in [0.05, 0.1) is 24.2 Å². The second-order valence-corrected chi connectivity index (χ2v) is 5.52. The van der Waals surface area contributed by atoms with Gasteiger partial charge in [0.2, 0.25) is 5.91 Å². The molecule has 24 heavy (non-hydrogen) atoms. The van der Waals surface area contributed by atoms with E-state index in [0.29, 0.717) is 11.1 Å². The highest BCUT2D eigenvalue weighted by Crippen LogP contribution is 2.24. The smallest absolute Gasteiger partial charge is 0.307 e. The Morgan fingerprint density at radius 1 is 1.17 bits per heavy atom. The quantitative estimate of drug-likeness (QED) is 0.575. The Balaban J connectivity index is 2.05. The topological polar surface area (TPSA) is 84.0 Å². The third kappa shape index (κ3) is 3.29. The van der Waals surface area contributed by atoms with Gasteiger partial charge < -0.3 is 9.64 Å². The van der Waals surface area contributed by atoms with Gasteiger partial charge >= 0.3 is 5.97 Å². The minimum atomic E-state index is -0.940. The van der Waals surface area contributed by atoms with Crippen molar-refractivity contribution in [3.63, 3.8) is 0 Å².